The lowest BCUT2D eigenvalue weighted by molar-refractivity contribution is 0.629. The quantitative estimate of drug-likeness (QED) is 0.498. The molecule has 0 saturated carbocycles. The van der Waals surface area contributed by atoms with Gasteiger partial charge in [0.15, 0.2) is 0 Å². The Morgan fingerprint density at radius 3 is 2.48 bits per heavy atom. The summed E-state index contributed by atoms with van der Waals surface area (Å²) in [5.74, 6) is 6.89. The molecule has 29 heavy (non-hydrogen) atoms. The smallest absolute Gasteiger partial charge is 0.139 e. The van der Waals surface area contributed by atoms with Gasteiger partial charge in [0.25, 0.3) is 0 Å². The highest BCUT2D eigenvalue weighted by atomic mass is 19.1. The molecule has 0 bridgehead atoms. The van der Waals surface area contributed by atoms with Gasteiger partial charge < -0.3 is 11.1 Å². The van der Waals surface area contributed by atoms with Crippen LogP contribution in [0.3, 0.4) is 0 Å². The van der Waals surface area contributed by atoms with Crippen molar-refractivity contribution < 1.29 is 4.39 Å². The lowest BCUT2D eigenvalue weighted by Crippen LogP contribution is -1.97. The van der Waals surface area contributed by atoms with Crippen LogP contribution in [0, 0.1) is 31.5 Å². The summed E-state index contributed by atoms with van der Waals surface area (Å²) in [6, 6.07) is 10.4. The number of aryl methyl sites for hydroxylation is 2. The molecule has 3 N–H and O–H groups in total. The number of benzene rings is 2. The van der Waals surface area contributed by atoms with Crippen molar-refractivity contribution in [3.05, 3.63) is 83.3 Å². The Hall–Kier alpha value is -3.98. The van der Waals surface area contributed by atoms with Gasteiger partial charge in [0.1, 0.15) is 17.5 Å². The highest BCUT2D eigenvalue weighted by molar-refractivity contribution is 5.91. The second kappa shape index (κ2) is 7.56. The minimum absolute atomic E-state index is 0.277. The molecule has 0 unspecified atom stereocenters. The molecular weight excluding hydrogens is 365 g/mol. The number of pyridine rings is 1. The monoisotopic (exact) mass is 383 g/mol. The largest absolute Gasteiger partial charge is 0.383 e. The molecule has 2 heterocycles. The maximum Gasteiger partial charge on any atom is 0.139 e. The molecule has 4 aromatic rings. The van der Waals surface area contributed by atoms with Gasteiger partial charge in [-0.1, -0.05) is 17.9 Å². The minimum atomic E-state index is -0.339. The Morgan fingerprint density at radius 1 is 0.897 bits per heavy atom. The molecule has 0 amide bonds. The van der Waals surface area contributed by atoms with Crippen molar-refractivity contribution in [2.45, 2.75) is 13.8 Å². The van der Waals surface area contributed by atoms with Crippen LogP contribution in [-0.2, 0) is 0 Å². The Morgan fingerprint density at radius 2 is 1.69 bits per heavy atom. The summed E-state index contributed by atoms with van der Waals surface area (Å²) in [5, 5.41) is 4.70. The number of nitrogens with zero attached hydrogens (tertiary/aromatic N) is 3. The third-order valence-corrected chi connectivity index (χ3v) is 4.51. The summed E-state index contributed by atoms with van der Waals surface area (Å²) in [6.07, 6.45) is 5.07. The molecule has 0 aliphatic rings. The number of nitrogens with one attached hydrogen (secondary N) is 1. The van der Waals surface area contributed by atoms with Gasteiger partial charge in [-0.15, -0.1) is 0 Å². The van der Waals surface area contributed by atoms with Crippen molar-refractivity contribution in [2.75, 3.05) is 11.1 Å². The van der Waals surface area contributed by atoms with Crippen LogP contribution in [0.4, 0.5) is 21.6 Å². The van der Waals surface area contributed by atoms with Gasteiger partial charge in [-0.05, 0) is 49.7 Å². The van der Waals surface area contributed by atoms with E-state index in [4.69, 9.17) is 5.73 Å². The molecule has 6 heteroatoms. The molecular formula is C23H18FN5. The Balaban J connectivity index is 1.72. The van der Waals surface area contributed by atoms with E-state index < -0.39 is 0 Å². The molecule has 0 radical (unpaired) electrons. The van der Waals surface area contributed by atoms with E-state index in [0.29, 0.717) is 16.8 Å². The third-order valence-electron chi connectivity index (χ3n) is 4.51. The van der Waals surface area contributed by atoms with Crippen molar-refractivity contribution >= 4 is 28.0 Å². The molecule has 142 valence electrons. The second-order valence-corrected chi connectivity index (χ2v) is 6.67. The van der Waals surface area contributed by atoms with Crippen LogP contribution in [-0.4, -0.2) is 15.0 Å². The first kappa shape index (κ1) is 18.4. The van der Waals surface area contributed by atoms with Gasteiger partial charge in [0.2, 0.25) is 0 Å². The predicted octanol–water partition coefficient (Wildman–Crippen LogP) is 4.51. The fraction of sp³-hybridized carbons (Fsp3) is 0.0870. The first-order chi connectivity index (χ1) is 14.0. The number of nitrogens with two attached hydrogens (primary N) is 1. The van der Waals surface area contributed by atoms with E-state index in [1.54, 1.807) is 24.7 Å². The van der Waals surface area contributed by atoms with E-state index >= 15 is 0 Å². The number of hydrogen-bond donors (Lipinski definition) is 2. The zero-order valence-corrected chi connectivity index (χ0v) is 16.0. The van der Waals surface area contributed by atoms with Crippen LogP contribution < -0.4 is 11.1 Å². The first-order valence-corrected chi connectivity index (χ1v) is 9.02. The topological polar surface area (TPSA) is 76.7 Å². The van der Waals surface area contributed by atoms with E-state index in [1.165, 1.54) is 12.1 Å². The molecule has 0 saturated heterocycles. The second-order valence-electron chi connectivity index (χ2n) is 6.67. The standard InChI is InChI=1S/C23H18FN5/c1-14-3-7-19(29-20-12-26-15(2)27-13-20)9-16(14)5-8-21-22-10-18(24)6-4-17(22)11-28-23(21)25/h3-4,6-7,9-13,29H,1-2H3,(H2,25,28). The molecule has 0 spiro atoms. The SMILES string of the molecule is Cc1ncc(Nc2ccc(C)c(C#Cc3c(N)ncc4ccc(F)cc34)c2)cn1. The summed E-state index contributed by atoms with van der Waals surface area (Å²) in [6.45, 7) is 3.82. The number of aromatic nitrogens is 3. The van der Waals surface area contributed by atoms with Crippen molar-refractivity contribution in [2.24, 2.45) is 0 Å². The van der Waals surface area contributed by atoms with Crippen LogP contribution in [0.25, 0.3) is 10.8 Å². The number of fused-ring (bicyclic) bond motifs is 1. The lowest BCUT2D eigenvalue weighted by atomic mass is 10.0. The number of halogens is 1. The Bertz CT molecular complexity index is 1270. The van der Waals surface area contributed by atoms with E-state index in [9.17, 15) is 4.39 Å². The van der Waals surface area contributed by atoms with Crippen molar-refractivity contribution in [3.8, 4) is 11.8 Å². The average molecular weight is 383 g/mol. The molecule has 0 fully saturated rings. The summed E-state index contributed by atoms with van der Waals surface area (Å²) in [4.78, 5) is 12.5. The normalized spacial score (nSPS) is 10.4. The van der Waals surface area contributed by atoms with Gasteiger partial charge in [-0.3, -0.25) is 0 Å². The average Bonchev–Trinajstić information content (AvgIpc) is 2.71. The minimum Gasteiger partial charge on any atom is -0.383 e. The fourth-order valence-electron chi connectivity index (χ4n) is 2.92. The number of anilines is 3. The highest BCUT2D eigenvalue weighted by Crippen LogP contribution is 2.23. The highest BCUT2D eigenvalue weighted by Gasteiger charge is 2.06. The van der Waals surface area contributed by atoms with Crippen molar-refractivity contribution in [3.63, 3.8) is 0 Å². The third kappa shape index (κ3) is 3.99. The molecule has 2 aromatic heterocycles. The molecule has 0 atom stereocenters. The van der Waals surface area contributed by atoms with E-state index in [0.717, 1.165) is 27.9 Å². The van der Waals surface area contributed by atoms with Crippen molar-refractivity contribution in [1.29, 1.82) is 0 Å². The molecule has 2 aromatic carbocycles. The summed E-state index contributed by atoms with van der Waals surface area (Å²) < 4.78 is 13.7. The van der Waals surface area contributed by atoms with Crippen LogP contribution in [0.15, 0.2) is 55.0 Å². The molecule has 4 rings (SSSR count). The summed E-state index contributed by atoms with van der Waals surface area (Å²) in [5.41, 5.74) is 10.0. The van der Waals surface area contributed by atoms with E-state index in [2.05, 4.69) is 32.1 Å². The number of rotatable bonds is 2. The summed E-state index contributed by atoms with van der Waals surface area (Å²) >= 11 is 0. The fourth-order valence-corrected chi connectivity index (χ4v) is 2.92. The maximum absolute atomic E-state index is 13.7. The van der Waals surface area contributed by atoms with Gasteiger partial charge in [0.05, 0.1) is 23.6 Å². The van der Waals surface area contributed by atoms with E-state index in [-0.39, 0.29) is 11.6 Å². The predicted molar refractivity (Wildman–Crippen MR) is 113 cm³/mol. The van der Waals surface area contributed by atoms with Crippen LogP contribution in [0.2, 0.25) is 0 Å². The molecule has 0 aliphatic carbocycles. The zero-order chi connectivity index (χ0) is 20.4. The number of nitrogen functional groups attached to an aromatic ring is 1. The van der Waals surface area contributed by atoms with Gasteiger partial charge in [-0.25, -0.2) is 19.3 Å². The van der Waals surface area contributed by atoms with Crippen LogP contribution in [0.5, 0.6) is 0 Å². The number of hydrogen-bond acceptors (Lipinski definition) is 5. The lowest BCUT2D eigenvalue weighted by Gasteiger charge is -2.08. The van der Waals surface area contributed by atoms with Gasteiger partial charge in [0, 0.05) is 28.2 Å². The van der Waals surface area contributed by atoms with E-state index in [1.807, 2.05) is 32.0 Å². The first-order valence-electron chi connectivity index (χ1n) is 9.02. The Labute approximate surface area is 167 Å². The zero-order valence-electron chi connectivity index (χ0n) is 16.0. The molecule has 0 aliphatic heterocycles. The Kier molecular flexibility index (Phi) is 4.80. The van der Waals surface area contributed by atoms with Gasteiger partial charge >= 0.3 is 0 Å². The van der Waals surface area contributed by atoms with Crippen LogP contribution in [0.1, 0.15) is 22.5 Å². The van der Waals surface area contributed by atoms with Crippen LogP contribution >= 0.6 is 0 Å². The van der Waals surface area contributed by atoms with Crippen molar-refractivity contribution in [1.82, 2.24) is 15.0 Å². The molecule has 5 nitrogen and oxygen atoms in total. The van der Waals surface area contributed by atoms with Gasteiger partial charge in [-0.2, -0.15) is 0 Å². The summed E-state index contributed by atoms with van der Waals surface area (Å²) in [7, 11) is 0. The maximum atomic E-state index is 13.7.